The lowest BCUT2D eigenvalue weighted by Gasteiger charge is -2.36. The van der Waals surface area contributed by atoms with Crippen molar-refractivity contribution in [2.24, 2.45) is 17.8 Å². The lowest BCUT2D eigenvalue weighted by Crippen LogP contribution is -2.54. The topological polar surface area (TPSA) is 108 Å². The van der Waals surface area contributed by atoms with Crippen LogP contribution in [0.3, 0.4) is 0 Å². The van der Waals surface area contributed by atoms with Gasteiger partial charge < -0.3 is 25.4 Å². The molecule has 3 heterocycles. The van der Waals surface area contributed by atoms with Crippen molar-refractivity contribution < 1.29 is 24.2 Å². The molecule has 0 radical (unpaired) electrons. The Kier molecular flexibility index (Phi) is 6.19. The molecule has 6 atom stereocenters. The standard InChI is InChI=1S/C31H33N3O5/c1-19-17-31-25(24(30(19,2)39-31)27(36)32-18-20-8-4-3-5-9-20)29(38)34(14-15-35)26(31)28(37)33-23-13-12-21-10-6-7-11-22(21)16-23/h3-13,16,19,24-26,35H,14-15,17-18H2,1-2H3,(H,32,36)(H,33,37)/t19?,24-,25+,26?,30+,31?/m1/s1. The molecule has 8 nitrogen and oxygen atoms in total. The Bertz CT molecular complexity index is 1440. The molecule has 8 heteroatoms. The highest BCUT2D eigenvalue weighted by atomic mass is 16.5. The highest BCUT2D eigenvalue weighted by molar-refractivity contribution is 6.04. The fourth-order valence-electron chi connectivity index (χ4n) is 7.16. The van der Waals surface area contributed by atoms with E-state index in [1.54, 1.807) is 0 Å². The molecule has 3 saturated heterocycles. The number of benzene rings is 3. The number of ether oxygens (including phenoxy) is 1. The number of nitrogens with one attached hydrogen (secondary N) is 2. The molecule has 3 fully saturated rings. The third-order valence-corrected chi connectivity index (χ3v) is 9.01. The number of hydrogen-bond acceptors (Lipinski definition) is 5. The second-order valence-corrected chi connectivity index (χ2v) is 11.2. The summed E-state index contributed by atoms with van der Waals surface area (Å²) in [6.07, 6.45) is 0.472. The summed E-state index contributed by atoms with van der Waals surface area (Å²) < 4.78 is 6.69. The number of carbonyl (C=O) groups is 3. The minimum atomic E-state index is -1.16. The van der Waals surface area contributed by atoms with Gasteiger partial charge in [0.05, 0.1) is 24.0 Å². The number of nitrogens with zero attached hydrogens (tertiary/aromatic N) is 1. The zero-order chi connectivity index (χ0) is 27.4. The SMILES string of the molecule is CC1CC23O[C@]1(C)[C@@H](C(=O)NCc1ccccc1)[C@H]2C(=O)N(CCO)C3C(=O)Nc1ccc2ccccc2c1. The number of fused-ring (bicyclic) bond motifs is 2. The number of carbonyl (C=O) groups excluding carboxylic acids is 3. The van der Waals surface area contributed by atoms with Gasteiger partial charge in [-0.1, -0.05) is 67.6 Å². The van der Waals surface area contributed by atoms with Gasteiger partial charge in [-0.2, -0.15) is 0 Å². The van der Waals surface area contributed by atoms with E-state index in [2.05, 4.69) is 10.6 Å². The van der Waals surface area contributed by atoms with Crippen molar-refractivity contribution in [1.82, 2.24) is 10.2 Å². The van der Waals surface area contributed by atoms with E-state index in [-0.39, 0.29) is 36.8 Å². The van der Waals surface area contributed by atoms with Crippen LogP contribution in [0.15, 0.2) is 72.8 Å². The number of anilines is 1. The Balaban J connectivity index is 1.32. The van der Waals surface area contributed by atoms with Crippen LogP contribution in [0.5, 0.6) is 0 Å². The number of aliphatic hydroxyl groups is 1. The molecule has 1 spiro atoms. The monoisotopic (exact) mass is 527 g/mol. The average Bonchev–Trinajstić information content (AvgIpc) is 3.44. The Morgan fingerprint density at radius 3 is 2.49 bits per heavy atom. The van der Waals surface area contributed by atoms with E-state index < -0.39 is 29.1 Å². The normalized spacial score (nSPS) is 30.9. The maximum absolute atomic E-state index is 13.9. The van der Waals surface area contributed by atoms with Gasteiger partial charge >= 0.3 is 0 Å². The fraction of sp³-hybridized carbons (Fsp3) is 0.387. The van der Waals surface area contributed by atoms with E-state index in [9.17, 15) is 19.5 Å². The third kappa shape index (κ3) is 3.93. The Morgan fingerprint density at radius 2 is 1.74 bits per heavy atom. The van der Waals surface area contributed by atoms with Crippen LogP contribution in [0.25, 0.3) is 10.8 Å². The lowest BCUT2D eigenvalue weighted by molar-refractivity contribution is -0.146. The molecule has 0 aliphatic carbocycles. The first kappa shape index (κ1) is 25.5. The summed E-state index contributed by atoms with van der Waals surface area (Å²) in [5.74, 6) is -2.58. The molecule has 3 aliphatic heterocycles. The van der Waals surface area contributed by atoms with Crippen molar-refractivity contribution in [3.8, 4) is 0 Å². The van der Waals surface area contributed by atoms with Crippen LogP contribution < -0.4 is 10.6 Å². The average molecular weight is 528 g/mol. The van der Waals surface area contributed by atoms with Gasteiger partial charge in [-0.15, -0.1) is 0 Å². The van der Waals surface area contributed by atoms with Crippen LogP contribution in [0.2, 0.25) is 0 Å². The molecule has 3 N–H and O–H groups in total. The number of β-amino-alcohol motifs (C(OH)–C–C–N with tert-alkyl or cyclic N) is 1. The van der Waals surface area contributed by atoms with Gasteiger partial charge in [0.25, 0.3) is 0 Å². The van der Waals surface area contributed by atoms with Crippen LogP contribution in [-0.2, 0) is 25.7 Å². The summed E-state index contributed by atoms with van der Waals surface area (Å²) in [5.41, 5.74) is -0.488. The van der Waals surface area contributed by atoms with Crippen molar-refractivity contribution in [2.75, 3.05) is 18.5 Å². The minimum Gasteiger partial charge on any atom is -0.395 e. The highest BCUT2D eigenvalue weighted by Gasteiger charge is 2.79. The van der Waals surface area contributed by atoms with Gasteiger partial charge in [-0.05, 0) is 47.7 Å². The van der Waals surface area contributed by atoms with Gasteiger partial charge in [0, 0.05) is 18.8 Å². The molecule has 3 amide bonds. The Morgan fingerprint density at radius 1 is 1.03 bits per heavy atom. The maximum Gasteiger partial charge on any atom is 0.250 e. The summed E-state index contributed by atoms with van der Waals surface area (Å²) in [5, 5.41) is 17.9. The first-order valence-electron chi connectivity index (χ1n) is 13.5. The zero-order valence-electron chi connectivity index (χ0n) is 22.1. The largest absolute Gasteiger partial charge is 0.395 e. The molecule has 3 aromatic rings. The van der Waals surface area contributed by atoms with E-state index >= 15 is 0 Å². The summed E-state index contributed by atoms with van der Waals surface area (Å²) in [6.45, 7) is 3.92. The molecule has 3 aromatic carbocycles. The number of rotatable bonds is 7. The third-order valence-electron chi connectivity index (χ3n) is 9.01. The van der Waals surface area contributed by atoms with Gasteiger partial charge in [-0.25, -0.2) is 0 Å². The summed E-state index contributed by atoms with van der Waals surface area (Å²) >= 11 is 0. The quantitative estimate of drug-likeness (QED) is 0.438. The Labute approximate surface area is 227 Å². The molecule has 0 saturated carbocycles. The van der Waals surface area contributed by atoms with E-state index in [4.69, 9.17) is 4.74 Å². The van der Waals surface area contributed by atoms with E-state index in [0.717, 1.165) is 16.3 Å². The number of likely N-dealkylation sites (tertiary alicyclic amines) is 1. The predicted molar refractivity (Wildman–Crippen MR) is 146 cm³/mol. The molecule has 202 valence electrons. The summed E-state index contributed by atoms with van der Waals surface area (Å²) in [6, 6.07) is 22.2. The van der Waals surface area contributed by atoms with E-state index in [1.807, 2.05) is 86.6 Å². The minimum absolute atomic E-state index is 0.0142. The van der Waals surface area contributed by atoms with Crippen molar-refractivity contribution in [1.29, 1.82) is 0 Å². The first-order valence-corrected chi connectivity index (χ1v) is 13.5. The Hall–Kier alpha value is -3.75. The number of aliphatic hydroxyl groups excluding tert-OH is 1. The zero-order valence-corrected chi connectivity index (χ0v) is 22.1. The number of hydrogen-bond donors (Lipinski definition) is 3. The van der Waals surface area contributed by atoms with Crippen molar-refractivity contribution in [2.45, 2.75) is 44.1 Å². The van der Waals surface area contributed by atoms with Crippen molar-refractivity contribution in [3.05, 3.63) is 78.4 Å². The van der Waals surface area contributed by atoms with Gasteiger partial charge in [0.15, 0.2) is 0 Å². The maximum atomic E-state index is 13.9. The van der Waals surface area contributed by atoms with E-state index in [1.165, 1.54) is 4.90 Å². The van der Waals surface area contributed by atoms with Crippen LogP contribution in [0, 0.1) is 17.8 Å². The smallest absolute Gasteiger partial charge is 0.250 e. The first-order chi connectivity index (χ1) is 18.8. The van der Waals surface area contributed by atoms with Gasteiger partial charge in [0.1, 0.15) is 11.6 Å². The molecular formula is C31H33N3O5. The lowest BCUT2D eigenvalue weighted by atomic mass is 9.62. The molecule has 3 aliphatic rings. The van der Waals surface area contributed by atoms with Gasteiger partial charge in [0.2, 0.25) is 17.7 Å². The second kappa shape index (κ2) is 9.47. The summed E-state index contributed by atoms with van der Waals surface area (Å²) in [7, 11) is 0. The van der Waals surface area contributed by atoms with Gasteiger partial charge in [-0.3, -0.25) is 14.4 Å². The van der Waals surface area contributed by atoms with E-state index in [0.29, 0.717) is 18.7 Å². The second-order valence-electron chi connectivity index (χ2n) is 11.2. The number of amides is 3. The van der Waals surface area contributed by atoms with Crippen LogP contribution in [0.4, 0.5) is 5.69 Å². The molecule has 3 unspecified atom stereocenters. The molecule has 0 aromatic heterocycles. The van der Waals surface area contributed by atoms with Crippen LogP contribution >= 0.6 is 0 Å². The summed E-state index contributed by atoms with van der Waals surface area (Å²) in [4.78, 5) is 43.0. The van der Waals surface area contributed by atoms with Crippen LogP contribution in [0.1, 0.15) is 25.8 Å². The molecule has 2 bridgehead atoms. The molecular weight excluding hydrogens is 494 g/mol. The van der Waals surface area contributed by atoms with Crippen molar-refractivity contribution in [3.63, 3.8) is 0 Å². The fourth-order valence-corrected chi connectivity index (χ4v) is 7.16. The molecule has 6 rings (SSSR count). The van der Waals surface area contributed by atoms with Crippen molar-refractivity contribution >= 4 is 34.2 Å². The van der Waals surface area contributed by atoms with Crippen LogP contribution in [-0.4, -0.2) is 58.1 Å². The highest BCUT2D eigenvalue weighted by Crippen LogP contribution is 2.65. The predicted octanol–water partition coefficient (Wildman–Crippen LogP) is 3.10. The molecule has 39 heavy (non-hydrogen) atoms.